The first-order valence-electron chi connectivity index (χ1n) is 6.21. The van der Waals surface area contributed by atoms with E-state index in [2.05, 4.69) is 4.98 Å². The molecule has 2 unspecified atom stereocenters. The van der Waals surface area contributed by atoms with Crippen molar-refractivity contribution in [1.29, 1.82) is 0 Å². The minimum atomic E-state index is -0.889. The highest BCUT2D eigenvalue weighted by Gasteiger charge is 2.36. The van der Waals surface area contributed by atoms with Gasteiger partial charge in [-0.1, -0.05) is 6.07 Å². The Hall–Kier alpha value is -1.92. The van der Waals surface area contributed by atoms with E-state index in [1.807, 2.05) is 35.0 Å². The van der Waals surface area contributed by atoms with Crippen molar-refractivity contribution in [3.8, 4) is 0 Å². The third-order valence-corrected chi connectivity index (χ3v) is 3.45. The normalized spacial score (nSPS) is 24.1. The molecule has 0 spiro atoms. The maximum atomic E-state index is 11.1. The Morgan fingerprint density at radius 2 is 2.32 bits per heavy atom. The molecule has 6 heteroatoms. The fourth-order valence-corrected chi connectivity index (χ4v) is 2.58. The van der Waals surface area contributed by atoms with Crippen LogP contribution in [0.2, 0.25) is 0 Å². The molecule has 6 nitrogen and oxygen atoms in total. The van der Waals surface area contributed by atoms with E-state index >= 15 is 0 Å². The number of aliphatic hydroxyl groups excluding tert-OH is 1. The smallest absolute Gasteiger partial charge is 0.321 e. The quantitative estimate of drug-likeness (QED) is 0.833. The summed E-state index contributed by atoms with van der Waals surface area (Å²) in [5, 5.41) is 18.7. The van der Waals surface area contributed by atoms with Crippen LogP contribution >= 0.6 is 0 Å². The average Bonchev–Trinajstić information content (AvgIpc) is 2.92. The predicted octanol–water partition coefficient (Wildman–Crippen LogP) is 0.354. The molecule has 100 valence electrons. The number of carboxylic acids is 1. The number of fused-ring (bicyclic) bond motifs is 1. The second-order valence-electron chi connectivity index (χ2n) is 4.87. The van der Waals surface area contributed by atoms with E-state index in [0.29, 0.717) is 13.1 Å². The number of carbonyl (C=O) groups is 1. The molecule has 0 bridgehead atoms. The van der Waals surface area contributed by atoms with Gasteiger partial charge in [-0.25, -0.2) is 4.98 Å². The fraction of sp³-hybridized carbons (Fsp3) is 0.385. The maximum Gasteiger partial charge on any atom is 0.321 e. The number of carboxylic acid groups (broad SMARTS) is 1. The van der Waals surface area contributed by atoms with Crippen LogP contribution in [-0.4, -0.2) is 49.2 Å². The third kappa shape index (κ3) is 2.32. The Morgan fingerprint density at radius 1 is 1.47 bits per heavy atom. The number of aromatic nitrogens is 2. The van der Waals surface area contributed by atoms with Crippen molar-refractivity contribution in [3.05, 3.63) is 36.3 Å². The SMILES string of the molecule is O=C(O)C1CC(O)CN1Cc1cn2ccccc2n1. The second kappa shape index (κ2) is 4.64. The Morgan fingerprint density at radius 3 is 3.05 bits per heavy atom. The van der Waals surface area contributed by atoms with Gasteiger partial charge in [0.1, 0.15) is 11.7 Å². The number of aliphatic carboxylic acids is 1. The van der Waals surface area contributed by atoms with Gasteiger partial charge in [-0.05, 0) is 12.1 Å². The van der Waals surface area contributed by atoms with Crippen molar-refractivity contribution in [3.63, 3.8) is 0 Å². The lowest BCUT2D eigenvalue weighted by atomic mass is 10.2. The lowest BCUT2D eigenvalue weighted by Crippen LogP contribution is -2.35. The zero-order valence-electron chi connectivity index (χ0n) is 10.3. The van der Waals surface area contributed by atoms with Crippen molar-refractivity contribution in [2.75, 3.05) is 6.54 Å². The van der Waals surface area contributed by atoms with Crippen molar-refractivity contribution in [2.24, 2.45) is 0 Å². The minimum Gasteiger partial charge on any atom is -0.480 e. The van der Waals surface area contributed by atoms with Crippen LogP contribution in [0.15, 0.2) is 30.6 Å². The van der Waals surface area contributed by atoms with Gasteiger partial charge in [-0.3, -0.25) is 9.69 Å². The van der Waals surface area contributed by atoms with Crippen LogP contribution in [0.4, 0.5) is 0 Å². The summed E-state index contributed by atoms with van der Waals surface area (Å²) in [6.07, 6.45) is 3.50. The molecular formula is C13H15N3O3. The van der Waals surface area contributed by atoms with Crippen molar-refractivity contribution in [1.82, 2.24) is 14.3 Å². The molecule has 0 aliphatic carbocycles. The van der Waals surface area contributed by atoms with Crippen LogP contribution < -0.4 is 0 Å². The summed E-state index contributed by atoms with van der Waals surface area (Å²) in [6.45, 7) is 0.820. The van der Waals surface area contributed by atoms with E-state index in [4.69, 9.17) is 5.11 Å². The van der Waals surface area contributed by atoms with E-state index in [9.17, 15) is 9.90 Å². The lowest BCUT2D eigenvalue weighted by Gasteiger charge is -2.19. The Kier molecular flexibility index (Phi) is 2.96. The van der Waals surface area contributed by atoms with Crippen molar-refractivity contribution in [2.45, 2.75) is 25.1 Å². The molecule has 0 saturated carbocycles. The maximum absolute atomic E-state index is 11.1. The molecule has 1 fully saturated rings. The van der Waals surface area contributed by atoms with Crippen LogP contribution in [0.1, 0.15) is 12.1 Å². The average molecular weight is 261 g/mol. The summed E-state index contributed by atoms with van der Waals surface area (Å²) >= 11 is 0. The number of rotatable bonds is 3. The molecule has 2 aromatic heterocycles. The topological polar surface area (TPSA) is 78.1 Å². The minimum absolute atomic E-state index is 0.280. The molecular weight excluding hydrogens is 246 g/mol. The molecule has 1 aliphatic rings. The summed E-state index contributed by atoms with van der Waals surface area (Å²) in [5.74, 6) is -0.889. The molecule has 0 amide bonds. The third-order valence-electron chi connectivity index (χ3n) is 3.45. The zero-order chi connectivity index (χ0) is 13.4. The standard InChI is InChI=1S/C13H15N3O3/c17-10-5-11(13(18)19)16(8-10)7-9-6-15-4-2-1-3-12(15)14-9/h1-4,6,10-11,17H,5,7-8H2,(H,18,19). The van der Waals surface area contributed by atoms with Gasteiger partial charge in [0.2, 0.25) is 0 Å². The predicted molar refractivity (Wildman–Crippen MR) is 67.6 cm³/mol. The largest absolute Gasteiger partial charge is 0.480 e. The first kappa shape index (κ1) is 12.1. The first-order chi connectivity index (χ1) is 9.13. The molecule has 1 saturated heterocycles. The molecule has 0 radical (unpaired) electrons. The Labute approximate surface area is 109 Å². The summed E-state index contributed by atoms with van der Waals surface area (Å²) in [7, 11) is 0. The van der Waals surface area contributed by atoms with Gasteiger partial charge in [0, 0.05) is 31.9 Å². The lowest BCUT2D eigenvalue weighted by molar-refractivity contribution is -0.142. The van der Waals surface area contributed by atoms with Crippen molar-refractivity contribution < 1.29 is 15.0 Å². The van der Waals surface area contributed by atoms with Gasteiger partial charge >= 0.3 is 5.97 Å². The van der Waals surface area contributed by atoms with Crippen LogP contribution in [0.3, 0.4) is 0 Å². The number of aliphatic hydroxyl groups is 1. The number of imidazole rings is 1. The van der Waals surface area contributed by atoms with Gasteiger partial charge < -0.3 is 14.6 Å². The fourth-order valence-electron chi connectivity index (χ4n) is 2.58. The molecule has 2 N–H and O–H groups in total. The summed E-state index contributed by atoms with van der Waals surface area (Å²) in [4.78, 5) is 17.3. The highest BCUT2D eigenvalue weighted by atomic mass is 16.4. The van der Waals surface area contributed by atoms with E-state index in [-0.39, 0.29) is 6.42 Å². The molecule has 1 aliphatic heterocycles. The number of hydrogen-bond acceptors (Lipinski definition) is 4. The summed E-state index contributed by atoms with van der Waals surface area (Å²) in [6, 6.07) is 5.10. The van der Waals surface area contributed by atoms with Crippen molar-refractivity contribution >= 4 is 11.6 Å². The van der Waals surface area contributed by atoms with Crippen LogP contribution in [0.5, 0.6) is 0 Å². The molecule has 3 heterocycles. The highest BCUT2D eigenvalue weighted by molar-refractivity contribution is 5.74. The number of likely N-dealkylation sites (tertiary alicyclic amines) is 1. The van der Waals surface area contributed by atoms with E-state index < -0.39 is 18.1 Å². The first-order valence-corrected chi connectivity index (χ1v) is 6.21. The molecule has 19 heavy (non-hydrogen) atoms. The van der Waals surface area contributed by atoms with Gasteiger partial charge in [-0.15, -0.1) is 0 Å². The number of β-amino-alcohol motifs (C(OH)–C–C–N with tert-alkyl or cyclic N) is 1. The van der Waals surface area contributed by atoms with Gasteiger partial charge in [-0.2, -0.15) is 0 Å². The van der Waals surface area contributed by atoms with E-state index in [1.54, 1.807) is 4.90 Å². The van der Waals surface area contributed by atoms with Gasteiger partial charge in [0.25, 0.3) is 0 Å². The number of pyridine rings is 1. The number of nitrogens with zero attached hydrogens (tertiary/aromatic N) is 3. The molecule has 3 rings (SSSR count). The second-order valence-corrected chi connectivity index (χ2v) is 4.87. The van der Waals surface area contributed by atoms with Crippen LogP contribution in [-0.2, 0) is 11.3 Å². The van der Waals surface area contributed by atoms with Gasteiger partial charge in [0.15, 0.2) is 0 Å². The zero-order valence-corrected chi connectivity index (χ0v) is 10.3. The molecule has 0 aromatic carbocycles. The van der Waals surface area contributed by atoms with Crippen LogP contribution in [0.25, 0.3) is 5.65 Å². The van der Waals surface area contributed by atoms with Crippen LogP contribution in [0, 0.1) is 0 Å². The van der Waals surface area contributed by atoms with Gasteiger partial charge in [0.05, 0.1) is 11.8 Å². The Bertz CT molecular complexity index is 577. The summed E-state index contributed by atoms with van der Waals surface area (Å²) < 4.78 is 1.90. The molecule has 2 atom stereocenters. The van der Waals surface area contributed by atoms with E-state index in [1.165, 1.54) is 0 Å². The monoisotopic (exact) mass is 261 g/mol. The summed E-state index contributed by atoms with van der Waals surface area (Å²) in [5.41, 5.74) is 1.65. The number of hydrogen-bond donors (Lipinski definition) is 2. The molecule has 2 aromatic rings. The Balaban J connectivity index is 1.82. The highest BCUT2D eigenvalue weighted by Crippen LogP contribution is 2.20. The van der Waals surface area contributed by atoms with E-state index in [0.717, 1.165) is 11.3 Å².